The van der Waals surface area contributed by atoms with Crippen molar-refractivity contribution in [2.24, 2.45) is 0 Å². The smallest absolute Gasteiger partial charge is 0.240 e. The molecule has 0 saturated heterocycles. The van der Waals surface area contributed by atoms with Crippen LogP contribution in [0.3, 0.4) is 0 Å². The van der Waals surface area contributed by atoms with Crippen molar-refractivity contribution in [3.05, 3.63) is 24.3 Å². The number of hydrogen-bond acceptors (Lipinski definition) is 3. The van der Waals surface area contributed by atoms with Crippen LogP contribution in [0.25, 0.3) is 0 Å². The molecule has 0 atom stereocenters. The van der Waals surface area contributed by atoms with Crippen molar-refractivity contribution in [2.75, 3.05) is 25.6 Å². The molecule has 0 saturated carbocycles. The van der Waals surface area contributed by atoms with Gasteiger partial charge in [0, 0.05) is 19.3 Å². The molecule has 6 heteroatoms. The minimum atomic E-state index is -3.59. The minimum absolute atomic E-state index is 0.128. The predicted octanol–water partition coefficient (Wildman–Crippen LogP) is 0.976. The number of hydrogen-bond donors (Lipinski definition) is 2. The molecule has 0 aliphatic rings. The molecule has 0 fully saturated rings. The fourth-order valence-corrected chi connectivity index (χ4v) is 2.13. The number of halogens is 1. The van der Waals surface area contributed by atoms with Gasteiger partial charge in [-0.05, 0) is 18.2 Å². The fraction of sp³-hybridized carbons (Fsp3) is 0.333. The van der Waals surface area contributed by atoms with E-state index in [0.717, 1.165) is 0 Å². The summed E-state index contributed by atoms with van der Waals surface area (Å²) in [5, 5.41) is 2.83. The van der Waals surface area contributed by atoms with E-state index in [0.29, 0.717) is 5.69 Å². The fourth-order valence-electron chi connectivity index (χ4n) is 1.08. The molecule has 1 aromatic rings. The Morgan fingerprint density at radius 1 is 1.40 bits per heavy atom. The number of alkyl halides is 1. The van der Waals surface area contributed by atoms with Gasteiger partial charge in [0.2, 0.25) is 10.0 Å². The molecule has 0 amide bonds. The van der Waals surface area contributed by atoms with Gasteiger partial charge < -0.3 is 5.32 Å². The topological polar surface area (TPSA) is 58.2 Å². The van der Waals surface area contributed by atoms with E-state index in [4.69, 9.17) is 0 Å². The van der Waals surface area contributed by atoms with E-state index in [-0.39, 0.29) is 11.4 Å². The lowest BCUT2D eigenvalue weighted by Crippen LogP contribution is -2.25. The summed E-state index contributed by atoms with van der Waals surface area (Å²) in [7, 11) is -1.89. The highest BCUT2D eigenvalue weighted by Gasteiger charge is 2.12. The van der Waals surface area contributed by atoms with E-state index in [1.807, 2.05) is 0 Å². The van der Waals surface area contributed by atoms with Gasteiger partial charge in [-0.2, -0.15) is 0 Å². The van der Waals surface area contributed by atoms with E-state index >= 15 is 0 Å². The van der Waals surface area contributed by atoms with Crippen molar-refractivity contribution in [3.63, 3.8) is 0 Å². The van der Waals surface area contributed by atoms with Gasteiger partial charge in [0.25, 0.3) is 0 Å². The molecule has 0 heterocycles. The summed E-state index contributed by atoms with van der Waals surface area (Å²) in [6.45, 7) is -0.920. The van der Waals surface area contributed by atoms with Gasteiger partial charge in [0.05, 0.1) is 4.90 Å². The molecular formula is C9H13FN2O2S. The Balaban J connectivity index is 2.94. The van der Waals surface area contributed by atoms with Crippen molar-refractivity contribution < 1.29 is 12.8 Å². The lowest BCUT2D eigenvalue weighted by molar-refractivity contribution is 0.486. The lowest BCUT2D eigenvalue weighted by Gasteiger charge is -2.06. The quantitative estimate of drug-likeness (QED) is 0.795. The van der Waals surface area contributed by atoms with Crippen LogP contribution < -0.4 is 10.0 Å². The zero-order chi connectivity index (χ0) is 11.3. The van der Waals surface area contributed by atoms with Crippen LogP contribution in [0.1, 0.15) is 0 Å². The largest absolute Gasteiger partial charge is 0.388 e. The normalized spacial score (nSPS) is 11.3. The van der Waals surface area contributed by atoms with Crippen molar-refractivity contribution in [2.45, 2.75) is 4.90 Å². The number of benzene rings is 1. The Bertz CT molecular complexity index is 420. The molecule has 15 heavy (non-hydrogen) atoms. The van der Waals surface area contributed by atoms with Crippen molar-refractivity contribution in [1.29, 1.82) is 0 Å². The van der Waals surface area contributed by atoms with Gasteiger partial charge in [-0.25, -0.2) is 17.5 Å². The van der Waals surface area contributed by atoms with Gasteiger partial charge >= 0.3 is 0 Å². The maximum absolute atomic E-state index is 11.8. The second-order valence-electron chi connectivity index (χ2n) is 2.86. The van der Waals surface area contributed by atoms with Crippen molar-refractivity contribution >= 4 is 15.7 Å². The van der Waals surface area contributed by atoms with E-state index in [1.54, 1.807) is 19.2 Å². The zero-order valence-corrected chi connectivity index (χ0v) is 9.14. The van der Waals surface area contributed by atoms with E-state index in [2.05, 4.69) is 10.0 Å². The molecule has 1 rings (SSSR count). The number of nitrogens with one attached hydrogen (secondary N) is 2. The third kappa shape index (κ3) is 3.17. The summed E-state index contributed by atoms with van der Waals surface area (Å²) >= 11 is 0. The summed E-state index contributed by atoms with van der Waals surface area (Å²) in [5.74, 6) is 0. The molecule has 1 aromatic carbocycles. The lowest BCUT2D eigenvalue weighted by atomic mass is 10.3. The highest BCUT2D eigenvalue weighted by Crippen LogP contribution is 2.14. The third-order valence-electron chi connectivity index (χ3n) is 1.82. The van der Waals surface area contributed by atoms with Crippen LogP contribution >= 0.6 is 0 Å². The zero-order valence-electron chi connectivity index (χ0n) is 8.33. The van der Waals surface area contributed by atoms with Gasteiger partial charge in [0.1, 0.15) is 6.67 Å². The number of rotatable bonds is 5. The van der Waals surface area contributed by atoms with Crippen LogP contribution in [0.4, 0.5) is 10.1 Å². The molecule has 2 N–H and O–H groups in total. The van der Waals surface area contributed by atoms with E-state index in [9.17, 15) is 12.8 Å². The highest BCUT2D eigenvalue weighted by molar-refractivity contribution is 7.89. The standard InChI is InChI=1S/C9H13FN2O2S/c1-11-8-3-2-4-9(7-8)15(13,14)12-6-5-10/h2-4,7,11-12H,5-6H2,1H3. The highest BCUT2D eigenvalue weighted by atomic mass is 32.2. The van der Waals surface area contributed by atoms with Crippen LogP contribution in [0, 0.1) is 0 Å². The first-order valence-electron chi connectivity index (χ1n) is 4.43. The van der Waals surface area contributed by atoms with Gasteiger partial charge in [-0.15, -0.1) is 0 Å². The Morgan fingerprint density at radius 2 is 2.13 bits per heavy atom. The monoisotopic (exact) mass is 232 g/mol. The second-order valence-corrected chi connectivity index (χ2v) is 4.63. The van der Waals surface area contributed by atoms with Crippen LogP contribution in [0.15, 0.2) is 29.2 Å². The van der Waals surface area contributed by atoms with Gasteiger partial charge in [0.15, 0.2) is 0 Å². The number of anilines is 1. The molecule has 0 aromatic heterocycles. The summed E-state index contributed by atoms with van der Waals surface area (Å²) < 4.78 is 37.1. The third-order valence-corrected chi connectivity index (χ3v) is 3.28. The van der Waals surface area contributed by atoms with Gasteiger partial charge in [-0.3, -0.25) is 0 Å². The first-order chi connectivity index (χ1) is 7.10. The minimum Gasteiger partial charge on any atom is -0.388 e. The van der Waals surface area contributed by atoms with Crippen LogP contribution in [-0.4, -0.2) is 28.7 Å². The average Bonchev–Trinajstić information content (AvgIpc) is 2.26. The van der Waals surface area contributed by atoms with E-state index in [1.165, 1.54) is 12.1 Å². The van der Waals surface area contributed by atoms with Crippen LogP contribution in [-0.2, 0) is 10.0 Å². The predicted molar refractivity (Wildman–Crippen MR) is 57.2 cm³/mol. The van der Waals surface area contributed by atoms with Crippen molar-refractivity contribution in [3.8, 4) is 0 Å². The molecule has 0 bridgehead atoms. The first-order valence-corrected chi connectivity index (χ1v) is 5.92. The molecule has 0 radical (unpaired) electrons. The molecular weight excluding hydrogens is 219 g/mol. The maximum atomic E-state index is 11.8. The molecule has 0 unspecified atom stereocenters. The number of sulfonamides is 1. The van der Waals surface area contributed by atoms with Crippen LogP contribution in [0.2, 0.25) is 0 Å². The second kappa shape index (κ2) is 5.09. The Labute approximate surface area is 88.6 Å². The summed E-state index contributed by atoms with van der Waals surface area (Å²) in [6.07, 6.45) is 0. The average molecular weight is 232 g/mol. The summed E-state index contributed by atoms with van der Waals surface area (Å²) in [5.41, 5.74) is 0.693. The van der Waals surface area contributed by atoms with Crippen LogP contribution in [0.5, 0.6) is 0 Å². The summed E-state index contributed by atoms with van der Waals surface area (Å²) in [4.78, 5) is 0.128. The van der Waals surface area contributed by atoms with E-state index < -0.39 is 16.7 Å². The Morgan fingerprint density at radius 3 is 2.73 bits per heavy atom. The SMILES string of the molecule is CNc1cccc(S(=O)(=O)NCCF)c1. The molecule has 4 nitrogen and oxygen atoms in total. The Kier molecular flexibility index (Phi) is 4.05. The molecule has 0 spiro atoms. The van der Waals surface area contributed by atoms with Crippen molar-refractivity contribution in [1.82, 2.24) is 4.72 Å². The first kappa shape index (κ1) is 11.9. The maximum Gasteiger partial charge on any atom is 0.240 e. The molecule has 0 aliphatic carbocycles. The Hall–Kier alpha value is -1.14. The van der Waals surface area contributed by atoms with Gasteiger partial charge in [-0.1, -0.05) is 6.07 Å². The molecule has 84 valence electrons. The molecule has 0 aliphatic heterocycles. The summed E-state index contributed by atoms with van der Waals surface area (Å²) in [6, 6.07) is 6.31.